The van der Waals surface area contributed by atoms with Crippen molar-refractivity contribution in [1.82, 2.24) is 0 Å². The fraction of sp³-hybridized carbons (Fsp3) is 0.364. The number of amides is 1. The summed E-state index contributed by atoms with van der Waals surface area (Å²) in [6, 6.07) is 12.8. The molecule has 1 atom stereocenters. The first kappa shape index (κ1) is 18.3. The number of nitrogens with zero attached hydrogens (tertiary/aromatic N) is 1. The predicted molar refractivity (Wildman–Crippen MR) is 102 cm³/mol. The van der Waals surface area contributed by atoms with Gasteiger partial charge in [-0.3, -0.25) is 9.59 Å². The summed E-state index contributed by atoms with van der Waals surface area (Å²) in [5.74, 6) is -0.615. The fourth-order valence-corrected chi connectivity index (χ4v) is 3.67. The average molecular weight is 351 g/mol. The molecule has 0 aromatic heterocycles. The summed E-state index contributed by atoms with van der Waals surface area (Å²) in [6.45, 7) is 6.45. The highest BCUT2D eigenvalue weighted by atomic mass is 16.3. The third-order valence-electron chi connectivity index (χ3n) is 5.07. The average Bonchev–Trinajstić information content (AvgIpc) is 2.81. The number of Topliss-reactive ketones (excluding diaryl/α,β-unsaturated/α-hetero) is 1. The van der Waals surface area contributed by atoms with E-state index >= 15 is 0 Å². The number of carbonyl (C=O) groups excluding carboxylic acids is 2. The molecule has 4 heteroatoms. The van der Waals surface area contributed by atoms with Crippen LogP contribution >= 0.6 is 0 Å². The molecule has 1 heterocycles. The Morgan fingerprint density at radius 1 is 1.15 bits per heavy atom. The molecule has 0 bridgehead atoms. The van der Waals surface area contributed by atoms with Crippen LogP contribution in [0, 0.1) is 13.8 Å². The minimum absolute atomic E-state index is 0.217. The summed E-state index contributed by atoms with van der Waals surface area (Å²) in [5, 5.41) is 11.2. The number of hydrogen-bond donors (Lipinski definition) is 1. The lowest BCUT2D eigenvalue weighted by atomic mass is 9.87. The van der Waals surface area contributed by atoms with Crippen LogP contribution in [0.4, 0.5) is 5.69 Å². The van der Waals surface area contributed by atoms with Crippen LogP contribution in [0.3, 0.4) is 0 Å². The molecule has 1 N–H and O–H groups in total. The van der Waals surface area contributed by atoms with E-state index in [0.717, 1.165) is 24.0 Å². The third kappa shape index (κ3) is 3.06. The number of rotatable bonds is 6. The van der Waals surface area contributed by atoms with Crippen LogP contribution < -0.4 is 4.90 Å². The van der Waals surface area contributed by atoms with E-state index in [2.05, 4.69) is 6.92 Å². The van der Waals surface area contributed by atoms with Crippen LogP contribution in [-0.2, 0) is 10.4 Å². The van der Waals surface area contributed by atoms with E-state index < -0.39 is 11.5 Å². The lowest BCUT2D eigenvalue weighted by molar-refractivity contribution is -0.135. The predicted octanol–water partition coefficient (Wildman–Crippen LogP) is 3.91. The van der Waals surface area contributed by atoms with Crippen LogP contribution in [0.2, 0.25) is 0 Å². The first-order chi connectivity index (χ1) is 12.4. The largest absolute Gasteiger partial charge is 0.375 e. The number of para-hydroxylation sites is 1. The van der Waals surface area contributed by atoms with Crippen LogP contribution in [-0.4, -0.2) is 23.3 Å². The van der Waals surface area contributed by atoms with E-state index in [1.54, 1.807) is 23.1 Å². The van der Waals surface area contributed by atoms with Crippen molar-refractivity contribution in [2.45, 2.75) is 45.6 Å². The molecule has 26 heavy (non-hydrogen) atoms. The van der Waals surface area contributed by atoms with Gasteiger partial charge in [0.2, 0.25) is 0 Å². The number of aliphatic hydroxyl groups is 1. The number of benzene rings is 2. The molecule has 0 saturated heterocycles. The monoisotopic (exact) mass is 351 g/mol. The Bertz CT molecular complexity index is 858. The molecule has 3 rings (SSSR count). The molecule has 0 fully saturated rings. The van der Waals surface area contributed by atoms with Crippen molar-refractivity contribution in [2.75, 3.05) is 11.4 Å². The first-order valence-corrected chi connectivity index (χ1v) is 9.12. The Balaban J connectivity index is 1.95. The first-order valence-electron chi connectivity index (χ1n) is 9.12. The maximum absolute atomic E-state index is 13.0. The van der Waals surface area contributed by atoms with Crippen LogP contribution in [0.1, 0.15) is 53.2 Å². The molecule has 136 valence electrons. The summed E-state index contributed by atoms with van der Waals surface area (Å²) in [7, 11) is 0. The highest BCUT2D eigenvalue weighted by Crippen LogP contribution is 2.43. The Kier molecular flexibility index (Phi) is 4.97. The fourth-order valence-electron chi connectivity index (χ4n) is 3.67. The van der Waals surface area contributed by atoms with Gasteiger partial charge in [0, 0.05) is 17.7 Å². The topological polar surface area (TPSA) is 57.6 Å². The van der Waals surface area contributed by atoms with Crippen molar-refractivity contribution >= 4 is 17.4 Å². The second kappa shape index (κ2) is 7.04. The minimum Gasteiger partial charge on any atom is -0.375 e. The van der Waals surface area contributed by atoms with Gasteiger partial charge < -0.3 is 10.0 Å². The number of aryl methyl sites for hydroxylation is 2. The molecule has 1 aliphatic rings. The maximum atomic E-state index is 13.0. The molecular formula is C22H25NO3. The van der Waals surface area contributed by atoms with Gasteiger partial charge >= 0.3 is 0 Å². The second-order valence-electron chi connectivity index (χ2n) is 7.11. The molecule has 1 amide bonds. The zero-order valence-electron chi connectivity index (χ0n) is 15.6. The van der Waals surface area contributed by atoms with E-state index in [4.69, 9.17) is 0 Å². The number of unbranched alkanes of at least 4 members (excludes halogenated alkanes) is 1. The zero-order chi connectivity index (χ0) is 18.9. The number of fused-ring (bicyclic) bond motifs is 1. The second-order valence-corrected chi connectivity index (χ2v) is 7.11. The zero-order valence-corrected chi connectivity index (χ0v) is 15.6. The van der Waals surface area contributed by atoms with Crippen molar-refractivity contribution in [3.05, 3.63) is 64.7 Å². The lowest BCUT2D eigenvalue weighted by Gasteiger charge is -2.23. The van der Waals surface area contributed by atoms with Gasteiger partial charge in [0.25, 0.3) is 5.91 Å². The molecule has 1 aliphatic heterocycles. The van der Waals surface area contributed by atoms with E-state index in [1.165, 1.54) is 0 Å². The Hall–Kier alpha value is -2.46. The van der Waals surface area contributed by atoms with Gasteiger partial charge in [0.15, 0.2) is 11.4 Å². The van der Waals surface area contributed by atoms with E-state index in [0.29, 0.717) is 23.4 Å². The maximum Gasteiger partial charge on any atom is 0.264 e. The van der Waals surface area contributed by atoms with Crippen molar-refractivity contribution in [1.29, 1.82) is 0 Å². The third-order valence-corrected chi connectivity index (χ3v) is 5.07. The minimum atomic E-state index is -1.79. The van der Waals surface area contributed by atoms with Crippen molar-refractivity contribution < 1.29 is 14.7 Å². The van der Waals surface area contributed by atoms with E-state index in [1.807, 2.05) is 38.1 Å². The van der Waals surface area contributed by atoms with Gasteiger partial charge in [-0.25, -0.2) is 0 Å². The quantitative estimate of drug-likeness (QED) is 0.803. The Labute approximate surface area is 154 Å². The van der Waals surface area contributed by atoms with Gasteiger partial charge in [-0.15, -0.1) is 0 Å². The van der Waals surface area contributed by atoms with Crippen molar-refractivity contribution in [2.24, 2.45) is 0 Å². The molecule has 2 aromatic rings. The summed E-state index contributed by atoms with van der Waals surface area (Å²) in [5.41, 5.74) is 1.94. The van der Waals surface area contributed by atoms with Crippen LogP contribution in [0.25, 0.3) is 0 Å². The SMILES string of the molecule is CCCCN1C(=O)[C@@](O)(CC(=O)c2ccc(C)cc2C)c2ccccc21. The number of anilines is 1. The van der Waals surface area contributed by atoms with Gasteiger partial charge in [0.05, 0.1) is 12.1 Å². The van der Waals surface area contributed by atoms with Crippen LogP contribution in [0.15, 0.2) is 42.5 Å². The van der Waals surface area contributed by atoms with E-state index in [-0.39, 0.29) is 12.2 Å². The molecule has 0 unspecified atom stereocenters. The van der Waals surface area contributed by atoms with Crippen molar-refractivity contribution in [3.8, 4) is 0 Å². The molecular weight excluding hydrogens is 326 g/mol. The van der Waals surface area contributed by atoms with Crippen LogP contribution in [0.5, 0.6) is 0 Å². The highest BCUT2D eigenvalue weighted by Gasteiger charge is 2.50. The summed E-state index contributed by atoms with van der Waals surface area (Å²) >= 11 is 0. The van der Waals surface area contributed by atoms with Gasteiger partial charge in [0.1, 0.15) is 0 Å². The summed E-state index contributed by atoms with van der Waals surface area (Å²) < 4.78 is 0. The summed E-state index contributed by atoms with van der Waals surface area (Å²) in [4.78, 5) is 27.5. The summed E-state index contributed by atoms with van der Waals surface area (Å²) in [6.07, 6.45) is 1.56. The smallest absolute Gasteiger partial charge is 0.264 e. The van der Waals surface area contributed by atoms with E-state index in [9.17, 15) is 14.7 Å². The Morgan fingerprint density at radius 3 is 2.58 bits per heavy atom. The number of carbonyl (C=O) groups is 2. The highest BCUT2D eigenvalue weighted by molar-refractivity contribution is 6.11. The lowest BCUT2D eigenvalue weighted by Crippen LogP contribution is -2.42. The van der Waals surface area contributed by atoms with Gasteiger partial charge in [-0.2, -0.15) is 0 Å². The number of hydrogen-bond acceptors (Lipinski definition) is 3. The molecule has 0 radical (unpaired) electrons. The molecule has 0 spiro atoms. The van der Waals surface area contributed by atoms with Gasteiger partial charge in [-0.05, 0) is 31.9 Å². The normalized spacial score (nSPS) is 18.9. The van der Waals surface area contributed by atoms with Gasteiger partial charge in [-0.1, -0.05) is 55.3 Å². The molecule has 2 aromatic carbocycles. The molecule has 0 aliphatic carbocycles. The molecule has 0 saturated carbocycles. The van der Waals surface area contributed by atoms with Crippen molar-refractivity contribution in [3.63, 3.8) is 0 Å². The molecule has 4 nitrogen and oxygen atoms in total. The Morgan fingerprint density at radius 2 is 1.88 bits per heavy atom. The number of ketones is 1. The standard InChI is InChI=1S/C22H25NO3/c1-4-5-12-23-19-9-7-6-8-18(19)22(26,21(23)25)14-20(24)17-11-10-15(2)13-16(17)3/h6-11,13,26H,4-5,12,14H2,1-3H3/t22-/m1/s1.